The van der Waals surface area contributed by atoms with E-state index in [2.05, 4.69) is 0 Å². The largest absolute Gasteiger partial charge is 0.386 e. The van der Waals surface area contributed by atoms with Gasteiger partial charge in [0.2, 0.25) is 0 Å². The number of rotatable bonds is 3. The molecule has 0 radical (unpaired) electrons. The molecule has 0 spiro atoms. The van der Waals surface area contributed by atoms with Gasteiger partial charge >= 0.3 is 0 Å². The van der Waals surface area contributed by atoms with Crippen molar-refractivity contribution in [2.75, 3.05) is 0 Å². The number of aliphatic hydroxyl groups is 1. The third kappa shape index (κ3) is 4.76. The molecule has 0 unspecified atom stereocenters. The summed E-state index contributed by atoms with van der Waals surface area (Å²) < 4.78 is 0. The fourth-order valence-corrected chi connectivity index (χ4v) is 1.65. The maximum atomic E-state index is 9.40. The zero-order valence-electron chi connectivity index (χ0n) is 7.90. The summed E-state index contributed by atoms with van der Waals surface area (Å²) in [7, 11) is 0. The summed E-state index contributed by atoms with van der Waals surface area (Å²) in [4.78, 5) is 1.18. The molecule has 13 heavy (non-hydrogen) atoms. The Kier molecular flexibility index (Phi) is 3.58. The normalized spacial score (nSPS) is 12.2. The second-order valence-corrected chi connectivity index (χ2v) is 4.37. The third-order valence-electron chi connectivity index (χ3n) is 1.42. The molecule has 0 fully saturated rings. The molecule has 0 aliphatic carbocycles. The van der Waals surface area contributed by atoms with Gasteiger partial charge in [0.15, 0.2) is 0 Å². The average molecular weight is 194 g/mol. The van der Waals surface area contributed by atoms with E-state index in [1.165, 1.54) is 4.90 Å². The summed E-state index contributed by atoms with van der Waals surface area (Å²) in [5.74, 6) is 0. The Morgan fingerprint density at radius 2 is 1.85 bits per heavy atom. The van der Waals surface area contributed by atoms with Gasteiger partial charge in [-0.3, -0.25) is 0 Å². The van der Waals surface area contributed by atoms with Crippen LogP contribution in [0.1, 0.15) is 13.8 Å². The van der Waals surface area contributed by atoms with Crippen LogP contribution in [0.3, 0.4) is 0 Å². The van der Waals surface area contributed by atoms with Gasteiger partial charge in [0.05, 0.1) is 5.60 Å². The Morgan fingerprint density at radius 1 is 1.23 bits per heavy atom. The zero-order valence-corrected chi connectivity index (χ0v) is 8.71. The smallest absolute Gasteiger partial charge is 0.0779 e. The Labute approximate surface area is 83.5 Å². The summed E-state index contributed by atoms with van der Waals surface area (Å²) in [5.41, 5.74) is -0.720. The lowest BCUT2D eigenvalue weighted by Gasteiger charge is -2.09. The minimum Gasteiger partial charge on any atom is -0.386 e. The first-order valence-corrected chi connectivity index (χ1v) is 5.08. The van der Waals surface area contributed by atoms with Crippen LogP contribution in [0.5, 0.6) is 0 Å². The van der Waals surface area contributed by atoms with E-state index >= 15 is 0 Å². The molecule has 0 saturated heterocycles. The van der Waals surface area contributed by atoms with Crippen molar-refractivity contribution in [2.24, 2.45) is 0 Å². The predicted octanol–water partition coefficient (Wildman–Crippen LogP) is 3.06. The van der Waals surface area contributed by atoms with Gasteiger partial charge < -0.3 is 5.11 Å². The van der Waals surface area contributed by atoms with E-state index in [1.54, 1.807) is 31.7 Å². The van der Waals surface area contributed by atoms with Gasteiger partial charge in [-0.15, -0.1) is 0 Å². The van der Waals surface area contributed by atoms with Crippen LogP contribution in [0.25, 0.3) is 0 Å². The molecular weight excluding hydrogens is 180 g/mol. The van der Waals surface area contributed by atoms with Gasteiger partial charge in [0.25, 0.3) is 0 Å². The van der Waals surface area contributed by atoms with Crippen LogP contribution in [0.2, 0.25) is 0 Å². The van der Waals surface area contributed by atoms with Crippen LogP contribution in [0, 0.1) is 0 Å². The lowest BCUT2D eigenvalue weighted by molar-refractivity contribution is 0.133. The van der Waals surface area contributed by atoms with Crippen LogP contribution in [0.15, 0.2) is 46.7 Å². The molecule has 1 rings (SSSR count). The summed E-state index contributed by atoms with van der Waals surface area (Å²) >= 11 is 1.61. The zero-order chi connectivity index (χ0) is 9.73. The minimum absolute atomic E-state index is 0.720. The van der Waals surface area contributed by atoms with Crippen molar-refractivity contribution in [1.29, 1.82) is 0 Å². The summed E-state index contributed by atoms with van der Waals surface area (Å²) in [6.45, 7) is 3.52. The quantitative estimate of drug-likeness (QED) is 0.746. The second kappa shape index (κ2) is 4.49. The molecule has 0 bridgehead atoms. The van der Waals surface area contributed by atoms with Crippen LogP contribution in [-0.4, -0.2) is 10.7 Å². The molecule has 0 aromatic heterocycles. The van der Waals surface area contributed by atoms with Crippen molar-refractivity contribution in [3.63, 3.8) is 0 Å². The Bertz CT molecular complexity index is 272. The molecule has 0 aliphatic heterocycles. The van der Waals surface area contributed by atoms with Crippen molar-refractivity contribution in [3.8, 4) is 0 Å². The van der Waals surface area contributed by atoms with Crippen molar-refractivity contribution in [1.82, 2.24) is 0 Å². The Balaban J connectivity index is 2.49. The SMILES string of the molecule is CC(C)(O)/C=C/Sc1ccccc1. The van der Waals surface area contributed by atoms with Gasteiger partial charge in [0.1, 0.15) is 0 Å². The summed E-state index contributed by atoms with van der Waals surface area (Å²) in [6.07, 6.45) is 1.78. The molecule has 0 aliphatic rings. The average Bonchev–Trinajstić information content (AvgIpc) is 2.04. The van der Waals surface area contributed by atoms with E-state index in [9.17, 15) is 5.11 Å². The number of benzene rings is 1. The van der Waals surface area contributed by atoms with Crippen LogP contribution in [-0.2, 0) is 0 Å². The Morgan fingerprint density at radius 3 is 2.38 bits per heavy atom. The maximum Gasteiger partial charge on any atom is 0.0779 e. The number of hydrogen-bond donors (Lipinski definition) is 1. The molecule has 1 aromatic rings. The van der Waals surface area contributed by atoms with E-state index in [1.807, 2.05) is 35.7 Å². The van der Waals surface area contributed by atoms with Gasteiger partial charge in [-0.05, 0) is 37.5 Å². The maximum absolute atomic E-state index is 9.40. The molecule has 2 heteroatoms. The highest BCUT2D eigenvalue weighted by Crippen LogP contribution is 2.19. The molecule has 0 atom stereocenters. The van der Waals surface area contributed by atoms with Crippen LogP contribution in [0.4, 0.5) is 0 Å². The molecule has 1 N–H and O–H groups in total. The van der Waals surface area contributed by atoms with E-state index in [-0.39, 0.29) is 0 Å². The van der Waals surface area contributed by atoms with E-state index in [4.69, 9.17) is 0 Å². The van der Waals surface area contributed by atoms with Crippen LogP contribution >= 0.6 is 11.8 Å². The van der Waals surface area contributed by atoms with E-state index in [0.717, 1.165) is 0 Å². The lowest BCUT2D eigenvalue weighted by atomic mass is 10.1. The molecule has 1 nitrogen and oxygen atoms in total. The highest BCUT2D eigenvalue weighted by Gasteiger charge is 2.05. The van der Waals surface area contributed by atoms with E-state index < -0.39 is 5.60 Å². The van der Waals surface area contributed by atoms with Crippen LogP contribution < -0.4 is 0 Å². The van der Waals surface area contributed by atoms with Crippen molar-refractivity contribution in [2.45, 2.75) is 24.3 Å². The third-order valence-corrected chi connectivity index (χ3v) is 2.24. The fraction of sp³-hybridized carbons (Fsp3) is 0.273. The number of hydrogen-bond acceptors (Lipinski definition) is 2. The summed E-state index contributed by atoms with van der Waals surface area (Å²) in [5, 5.41) is 11.3. The van der Waals surface area contributed by atoms with Gasteiger partial charge in [0, 0.05) is 4.90 Å². The first kappa shape index (κ1) is 10.4. The molecule has 70 valence electrons. The summed E-state index contributed by atoms with van der Waals surface area (Å²) in [6, 6.07) is 10.1. The highest BCUT2D eigenvalue weighted by atomic mass is 32.2. The monoisotopic (exact) mass is 194 g/mol. The molecule has 1 aromatic carbocycles. The van der Waals surface area contributed by atoms with Gasteiger partial charge in [-0.2, -0.15) is 0 Å². The van der Waals surface area contributed by atoms with Crippen molar-refractivity contribution >= 4 is 11.8 Å². The first-order chi connectivity index (χ1) is 6.08. The predicted molar refractivity (Wildman–Crippen MR) is 57.7 cm³/mol. The Hall–Kier alpha value is -0.730. The highest BCUT2D eigenvalue weighted by molar-refractivity contribution is 8.02. The van der Waals surface area contributed by atoms with Crippen molar-refractivity contribution in [3.05, 3.63) is 41.8 Å². The van der Waals surface area contributed by atoms with Crippen molar-refractivity contribution < 1.29 is 5.11 Å². The van der Waals surface area contributed by atoms with Gasteiger partial charge in [-0.25, -0.2) is 0 Å². The molecule has 0 saturated carbocycles. The standard InChI is InChI=1S/C11H14OS/c1-11(2,12)8-9-13-10-6-4-3-5-7-10/h3-9,12H,1-2H3/b9-8+. The first-order valence-electron chi connectivity index (χ1n) is 4.20. The molecular formula is C11H14OS. The fourth-order valence-electron chi connectivity index (χ4n) is 0.778. The minimum atomic E-state index is -0.720. The lowest BCUT2D eigenvalue weighted by Crippen LogP contribution is -2.13. The second-order valence-electron chi connectivity index (χ2n) is 3.39. The molecule has 0 heterocycles. The topological polar surface area (TPSA) is 20.2 Å². The van der Waals surface area contributed by atoms with E-state index in [0.29, 0.717) is 0 Å². The molecule has 0 amide bonds. The van der Waals surface area contributed by atoms with Gasteiger partial charge in [-0.1, -0.05) is 30.0 Å². The number of thioether (sulfide) groups is 1.